The van der Waals surface area contributed by atoms with E-state index in [0.717, 1.165) is 22.0 Å². The van der Waals surface area contributed by atoms with E-state index in [2.05, 4.69) is 10.1 Å². The van der Waals surface area contributed by atoms with Crippen molar-refractivity contribution in [2.24, 2.45) is 0 Å². The van der Waals surface area contributed by atoms with Crippen LogP contribution in [0, 0.1) is 6.92 Å². The van der Waals surface area contributed by atoms with Crippen molar-refractivity contribution in [3.05, 3.63) is 40.7 Å². The number of halogens is 1. The summed E-state index contributed by atoms with van der Waals surface area (Å²) in [6.07, 6.45) is 1.87. The monoisotopic (exact) mass is 276 g/mol. The maximum atomic E-state index is 10.8. The van der Waals surface area contributed by atoms with Gasteiger partial charge in [-0.15, -0.1) is 0 Å². The molecule has 3 rings (SSSR count). The lowest BCUT2D eigenvalue weighted by Crippen LogP contribution is -1.91. The highest BCUT2D eigenvalue weighted by atomic mass is 35.5. The zero-order valence-electron chi connectivity index (χ0n) is 9.90. The Kier molecular flexibility index (Phi) is 2.57. The number of rotatable bonds is 2. The van der Waals surface area contributed by atoms with E-state index in [0.29, 0.717) is 10.7 Å². The highest BCUT2D eigenvalue weighted by molar-refractivity contribution is 6.35. The lowest BCUT2D eigenvalue weighted by Gasteiger charge is -2.00. The van der Waals surface area contributed by atoms with Crippen LogP contribution in [0.15, 0.2) is 28.9 Å². The first-order valence-electron chi connectivity index (χ1n) is 5.54. The van der Waals surface area contributed by atoms with E-state index in [1.807, 2.05) is 19.2 Å². The molecule has 19 heavy (non-hydrogen) atoms. The molecule has 2 aromatic heterocycles. The van der Waals surface area contributed by atoms with Crippen molar-refractivity contribution >= 4 is 28.5 Å². The Morgan fingerprint density at radius 2 is 2.21 bits per heavy atom. The molecule has 0 saturated carbocycles. The molecule has 2 N–H and O–H groups in total. The SMILES string of the molecule is Cc1c[nH]c2c(Cl)cc(-c3cc(C(=O)O)on3)cc12. The Morgan fingerprint density at radius 3 is 2.89 bits per heavy atom. The summed E-state index contributed by atoms with van der Waals surface area (Å²) in [7, 11) is 0. The van der Waals surface area contributed by atoms with E-state index in [-0.39, 0.29) is 5.76 Å². The second-order valence-electron chi connectivity index (χ2n) is 4.23. The standard InChI is InChI=1S/C13H9ClN2O3/c1-6-5-15-12-8(6)2-7(3-9(12)14)10-4-11(13(17)18)19-16-10/h2-5,15H,1H3,(H,17,18). The van der Waals surface area contributed by atoms with Crippen molar-refractivity contribution in [3.8, 4) is 11.3 Å². The lowest BCUT2D eigenvalue weighted by atomic mass is 10.1. The number of hydrogen-bond donors (Lipinski definition) is 2. The molecule has 0 radical (unpaired) electrons. The third kappa shape index (κ3) is 1.88. The number of carboxylic acids is 1. The maximum Gasteiger partial charge on any atom is 0.374 e. The molecule has 5 nitrogen and oxygen atoms in total. The molecular weight excluding hydrogens is 268 g/mol. The Hall–Kier alpha value is -2.27. The summed E-state index contributed by atoms with van der Waals surface area (Å²) >= 11 is 6.19. The summed E-state index contributed by atoms with van der Waals surface area (Å²) in [5.41, 5.74) is 3.07. The average molecular weight is 277 g/mol. The summed E-state index contributed by atoms with van der Waals surface area (Å²) in [6.45, 7) is 1.96. The number of H-pyrrole nitrogens is 1. The van der Waals surface area contributed by atoms with Crippen LogP contribution in [0.1, 0.15) is 16.1 Å². The van der Waals surface area contributed by atoms with Gasteiger partial charge in [-0.1, -0.05) is 16.8 Å². The molecule has 0 bridgehead atoms. The summed E-state index contributed by atoms with van der Waals surface area (Å²) in [4.78, 5) is 13.9. The van der Waals surface area contributed by atoms with Crippen LogP contribution in [0.5, 0.6) is 0 Å². The van der Waals surface area contributed by atoms with Gasteiger partial charge < -0.3 is 14.6 Å². The number of hydrogen-bond acceptors (Lipinski definition) is 3. The number of fused-ring (bicyclic) bond motifs is 1. The molecule has 96 valence electrons. The van der Waals surface area contributed by atoms with Crippen molar-refractivity contribution in [3.63, 3.8) is 0 Å². The van der Waals surface area contributed by atoms with E-state index in [1.54, 1.807) is 6.07 Å². The van der Waals surface area contributed by atoms with E-state index in [9.17, 15) is 4.79 Å². The first kappa shape index (κ1) is 11.8. The number of nitrogens with one attached hydrogen (secondary N) is 1. The molecule has 0 aliphatic carbocycles. The van der Waals surface area contributed by atoms with Gasteiger partial charge in [-0.05, 0) is 24.6 Å². The van der Waals surface area contributed by atoms with Crippen molar-refractivity contribution in [1.82, 2.24) is 10.1 Å². The molecule has 0 atom stereocenters. The lowest BCUT2D eigenvalue weighted by molar-refractivity contribution is 0.0652. The molecule has 6 heteroatoms. The van der Waals surface area contributed by atoms with E-state index in [1.165, 1.54) is 6.07 Å². The Labute approximate surface area is 112 Å². The molecule has 0 aliphatic rings. The summed E-state index contributed by atoms with van der Waals surface area (Å²) < 4.78 is 4.74. The van der Waals surface area contributed by atoms with Crippen LogP contribution >= 0.6 is 11.6 Å². The van der Waals surface area contributed by atoms with Crippen LogP contribution in [0.3, 0.4) is 0 Å². The number of aromatic amines is 1. The quantitative estimate of drug-likeness (QED) is 0.751. The average Bonchev–Trinajstić information content (AvgIpc) is 2.97. The smallest absolute Gasteiger partial charge is 0.374 e. The summed E-state index contributed by atoms with van der Waals surface area (Å²) in [6, 6.07) is 5.00. The third-order valence-corrected chi connectivity index (χ3v) is 3.26. The Balaban J connectivity index is 2.18. The van der Waals surface area contributed by atoms with E-state index in [4.69, 9.17) is 21.2 Å². The largest absolute Gasteiger partial charge is 0.475 e. The van der Waals surface area contributed by atoms with Gasteiger partial charge in [0.2, 0.25) is 5.76 Å². The molecule has 0 amide bonds. The molecule has 0 spiro atoms. The number of nitrogens with zero attached hydrogens (tertiary/aromatic N) is 1. The molecule has 1 aromatic carbocycles. The fraction of sp³-hybridized carbons (Fsp3) is 0.0769. The minimum Gasteiger partial charge on any atom is -0.475 e. The van der Waals surface area contributed by atoms with Crippen molar-refractivity contribution < 1.29 is 14.4 Å². The highest BCUT2D eigenvalue weighted by Gasteiger charge is 2.14. The van der Waals surface area contributed by atoms with Gasteiger partial charge in [-0.25, -0.2) is 4.79 Å². The molecular formula is C13H9ClN2O3. The van der Waals surface area contributed by atoms with Crippen LogP contribution in [-0.2, 0) is 0 Å². The number of carboxylic acid groups (broad SMARTS) is 1. The number of aryl methyl sites for hydroxylation is 1. The predicted octanol–water partition coefficient (Wildman–Crippen LogP) is 3.48. The zero-order valence-corrected chi connectivity index (χ0v) is 10.7. The fourth-order valence-electron chi connectivity index (χ4n) is 1.98. The van der Waals surface area contributed by atoms with E-state index >= 15 is 0 Å². The zero-order chi connectivity index (χ0) is 13.6. The van der Waals surface area contributed by atoms with Crippen LogP contribution in [-0.4, -0.2) is 21.2 Å². The van der Waals surface area contributed by atoms with Gasteiger partial charge >= 0.3 is 5.97 Å². The minimum absolute atomic E-state index is 0.197. The molecule has 0 fully saturated rings. The number of aromatic carboxylic acids is 1. The third-order valence-electron chi connectivity index (χ3n) is 2.96. The van der Waals surface area contributed by atoms with E-state index < -0.39 is 5.97 Å². The van der Waals surface area contributed by atoms with Gasteiger partial charge in [-0.2, -0.15) is 0 Å². The first-order chi connectivity index (χ1) is 9.06. The second kappa shape index (κ2) is 4.13. The van der Waals surface area contributed by atoms with Crippen molar-refractivity contribution in [1.29, 1.82) is 0 Å². The van der Waals surface area contributed by atoms with Gasteiger partial charge in [0.05, 0.1) is 10.5 Å². The van der Waals surface area contributed by atoms with Crippen LogP contribution in [0.25, 0.3) is 22.2 Å². The summed E-state index contributed by atoms with van der Waals surface area (Å²) in [5.74, 6) is -1.35. The Bertz CT molecular complexity index is 788. The molecule has 0 saturated heterocycles. The highest BCUT2D eigenvalue weighted by Crippen LogP contribution is 2.31. The van der Waals surface area contributed by atoms with Gasteiger partial charge in [0.1, 0.15) is 5.69 Å². The van der Waals surface area contributed by atoms with Crippen LogP contribution < -0.4 is 0 Å². The van der Waals surface area contributed by atoms with Gasteiger partial charge in [0.15, 0.2) is 0 Å². The minimum atomic E-state index is -1.15. The van der Waals surface area contributed by atoms with Gasteiger partial charge in [0, 0.05) is 23.2 Å². The first-order valence-corrected chi connectivity index (χ1v) is 5.91. The Morgan fingerprint density at radius 1 is 1.42 bits per heavy atom. The molecule has 0 aliphatic heterocycles. The molecule has 0 unspecified atom stereocenters. The predicted molar refractivity (Wildman–Crippen MR) is 70.5 cm³/mol. The van der Waals surface area contributed by atoms with Crippen molar-refractivity contribution in [2.75, 3.05) is 0 Å². The molecule has 3 aromatic rings. The second-order valence-corrected chi connectivity index (χ2v) is 4.64. The number of aromatic nitrogens is 2. The van der Waals surface area contributed by atoms with Crippen molar-refractivity contribution in [2.45, 2.75) is 6.92 Å². The summed E-state index contributed by atoms with van der Waals surface area (Å²) in [5, 5.41) is 14.1. The van der Waals surface area contributed by atoms with Crippen LogP contribution in [0.2, 0.25) is 5.02 Å². The molecule has 2 heterocycles. The fourth-order valence-corrected chi connectivity index (χ4v) is 2.26. The maximum absolute atomic E-state index is 10.8. The topological polar surface area (TPSA) is 79.1 Å². The van der Waals surface area contributed by atoms with Gasteiger partial charge in [0.25, 0.3) is 0 Å². The number of carbonyl (C=O) groups is 1. The van der Waals surface area contributed by atoms with Gasteiger partial charge in [-0.3, -0.25) is 0 Å². The normalized spacial score (nSPS) is 11.1. The van der Waals surface area contributed by atoms with Crippen LogP contribution in [0.4, 0.5) is 0 Å². The number of benzene rings is 1.